The minimum atomic E-state index is -0.623. The molecule has 0 fully saturated rings. The second kappa shape index (κ2) is 11.8. The lowest BCUT2D eigenvalue weighted by Gasteiger charge is -2.12. The number of carbonyl (C=O) groups excluding carboxylic acids is 1. The Morgan fingerprint density at radius 2 is 1.91 bits per heavy atom. The second-order valence-corrected chi connectivity index (χ2v) is 10.3. The number of halogens is 3. The van der Waals surface area contributed by atoms with Crippen molar-refractivity contribution in [2.75, 3.05) is 5.32 Å². The molecule has 172 valence electrons. The molecule has 1 amide bonds. The molecule has 0 unspecified atom stereocenters. The smallest absolute Gasteiger partial charge is 0.270 e. The fourth-order valence-electron chi connectivity index (χ4n) is 2.98. The van der Waals surface area contributed by atoms with Crippen molar-refractivity contribution >= 4 is 84.5 Å². The summed E-state index contributed by atoms with van der Waals surface area (Å²) < 4.78 is 8.06. The van der Waals surface area contributed by atoms with Crippen LogP contribution < -0.4 is 10.1 Å². The van der Waals surface area contributed by atoms with Crippen molar-refractivity contribution in [3.63, 3.8) is 0 Å². The van der Waals surface area contributed by atoms with E-state index < -0.39 is 10.8 Å². The van der Waals surface area contributed by atoms with Gasteiger partial charge in [0.15, 0.2) is 0 Å². The largest absolute Gasteiger partial charge is 0.487 e. The van der Waals surface area contributed by atoms with Crippen molar-refractivity contribution in [2.45, 2.75) is 13.5 Å². The van der Waals surface area contributed by atoms with Crippen molar-refractivity contribution in [2.24, 2.45) is 0 Å². The molecule has 0 aromatic heterocycles. The molecule has 0 aliphatic rings. The van der Waals surface area contributed by atoms with Gasteiger partial charge in [-0.3, -0.25) is 14.9 Å². The number of non-ortho nitro benzene ring substituents is 1. The van der Waals surface area contributed by atoms with Crippen LogP contribution in [-0.4, -0.2) is 10.8 Å². The number of amides is 1. The highest BCUT2D eigenvalue weighted by Crippen LogP contribution is 2.31. The Morgan fingerprint density at radius 3 is 2.50 bits per heavy atom. The maximum absolute atomic E-state index is 12.7. The van der Waals surface area contributed by atoms with E-state index in [-0.39, 0.29) is 11.3 Å². The molecule has 0 radical (unpaired) electrons. The number of nitro benzene ring substituents is 1. The van der Waals surface area contributed by atoms with Gasteiger partial charge in [-0.2, -0.15) is 5.26 Å². The molecular formula is C24H16BrI2N3O4. The van der Waals surface area contributed by atoms with Gasteiger partial charge in [-0.15, -0.1) is 0 Å². The number of anilines is 1. The summed E-state index contributed by atoms with van der Waals surface area (Å²) in [6.45, 7) is 2.46. The molecule has 0 atom stereocenters. The molecule has 7 nitrogen and oxygen atoms in total. The zero-order chi connectivity index (χ0) is 24.8. The Labute approximate surface area is 231 Å². The van der Waals surface area contributed by atoms with Gasteiger partial charge in [-0.1, -0.05) is 29.8 Å². The lowest BCUT2D eigenvalue weighted by molar-refractivity contribution is -0.384. The molecule has 34 heavy (non-hydrogen) atoms. The van der Waals surface area contributed by atoms with Crippen LogP contribution in [0.1, 0.15) is 16.7 Å². The minimum Gasteiger partial charge on any atom is -0.487 e. The summed E-state index contributed by atoms with van der Waals surface area (Å²) in [4.78, 5) is 23.0. The fourth-order valence-corrected chi connectivity index (χ4v) is 5.58. The topological polar surface area (TPSA) is 105 Å². The average Bonchev–Trinajstić information content (AvgIpc) is 2.78. The Bertz CT molecular complexity index is 1330. The van der Waals surface area contributed by atoms with Gasteiger partial charge in [-0.05, 0) is 103 Å². The third kappa shape index (κ3) is 6.77. The number of benzene rings is 3. The van der Waals surface area contributed by atoms with Gasteiger partial charge in [-0.25, -0.2) is 0 Å². The average molecular weight is 744 g/mol. The van der Waals surface area contributed by atoms with Crippen LogP contribution in [0.15, 0.2) is 64.6 Å². The number of hydrogen-bond acceptors (Lipinski definition) is 5. The van der Waals surface area contributed by atoms with Crippen LogP contribution in [0.4, 0.5) is 11.4 Å². The van der Waals surface area contributed by atoms with Gasteiger partial charge in [0.2, 0.25) is 0 Å². The van der Waals surface area contributed by atoms with E-state index in [1.165, 1.54) is 24.3 Å². The molecule has 0 saturated carbocycles. The van der Waals surface area contributed by atoms with Crippen molar-refractivity contribution < 1.29 is 14.5 Å². The van der Waals surface area contributed by atoms with Crippen LogP contribution >= 0.6 is 61.1 Å². The number of aryl methyl sites for hydroxylation is 1. The molecule has 3 rings (SSSR count). The third-order valence-electron chi connectivity index (χ3n) is 4.57. The second-order valence-electron chi connectivity index (χ2n) is 7.14. The first-order valence-corrected chi connectivity index (χ1v) is 12.7. The van der Waals surface area contributed by atoms with Gasteiger partial charge in [0, 0.05) is 16.6 Å². The number of nitriles is 1. The third-order valence-corrected chi connectivity index (χ3v) is 6.83. The van der Waals surface area contributed by atoms with Crippen LogP contribution in [0.2, 0.25) is 0 Å². The maximum Gasteiger partial charge on any atom is 0.270 e. The monoisotopic (exact) mass is 743 g/mol. The van der Waals surface area contributed by atoms with Crippen molar-refractivity contribution in [3.05, 3.63) is 98.6 Å². The van der Waals surface area contributed by atoms with Gasteiger partial charge in [0.05, 0.1) is 17.8 Å². The Hall–Kier alpha value is -2.50. The number of nitrogens with one attached hydrogen (secondary N) is 1. The van der Waals surface area contributed by atoms with Crippen LogP contribution in [0.25, 0.3) is 6.08 Å². The van der Waals surface area contributed by atoms with E-state index >= 15 is 0 Å². The molecule has 10 heteroatoms. The summed E-state index contributed by atoms with van der Waals surface area (Å²) in [6, 6.07) is 17.6. The van der Waals surface area contributed by atoms with Gasteiger partial charge in [0.1, 0.15) is 24.0 Å². The van der Waals surface area contributed by atoms with E-state index in [4.69, 9.17) is 4.74 Å². The molecule has 0 spiro atoms. The van der Waals surface area contributed by atoms with E-state index in [0.29, 0.717) is 22.3 Å². The van der Waals surface area contributed by atoms with E-state index in [9.17, 15) is 20.2 Å². The first-order valence-electron chi connectivity index (χ1n) is 9.72. The predicted molar refractivity (Wildman–Crippen MR) is 150 cm³/mol. The molecule has 3 aromatic rings. The number of nitrogens with zero attached hydrogens (tertiary/aromatic N) is 2. The quantitative estimate of drug-likeness (QED) is 0.0923. The Kier molecular flexibility index (Phi) is 9.03. The summed E-state index contributed by atoms with van der Waals surface area (Å²) in [5.41, 5.74) is 3.00. The van der Waals surface area contributed by atoms with E-state index in [2.05, 4.69) is 72.5 Å². The molecule has 0 aliphatic heterocycles. The molecular weight excluding hydrogens is 728 g/mol. The zero-order valence-electron chi connectivity index (χ0n) is 17.6. The first kappa shape index (κ1) is 26.1. The number of hydrogen-bond donors (Lipinski definition) is 1. The summed E-state index contributed by atoms with van der Waals surface area (Å²) in [5.74, 6) is 0.111. The number of ether oxygens (including phenoxy) is 1. The number of rotatable bonds is 7. The highest BCUT2D eigenvalue weighted by atomic mass is 127. The predicted octanol–water partition coefficient (Wildman–Crippen LogP) is 7.00. The Balaban J connectivity index is 1.78. The molecule has 0 aliphatic carbocycles. The summed E-state index contributed by atoms with van der Waals surface area (Å²) >= 11 is 7.54. The van der Waals surface area contributed by atoms with E-state index in [1.54, 1.807) is 0 Å². The summed E-state index contributed by atoms with van der Waals surface area (Å²) in [7, 11) is 0. The van der Waals surface area contributed by atoms with Gasteiger partial charge >= 0.3 is 0 Å². The Morgan fingerprint density at radius 1 is 1.21 bits per heavy atom. The lowest BCUT2D eigenvalue weighted by atomic mass is 10.1. The lowest BCUT2D eigenvalue weighted by Crippen LogP contribution is -2.14. The normalized spacial score (nSPS) is 11.0. The highest BCUT2D eigenvalue weighted by molar-refractivity contribution is 14.1. The molecule has 0 bridgehead atoms. The van der Waals surface area contributed by atoms with Crippen molar-refractivity contribution in [3.8, 4) is 11.8 Å². The van der Waals surface area contributed by atoms with Gasteiger partial charge < -0.3 is 10.1 Å². The van der Waals surface area contributed by atoms with Crippen molar-refractivity contribution in [1.29, 1.82) is 5.26 Å². The fraction of sp³-hybridized carbons (Fsp3) is 0.0833. The molecule has 1 N–H and O–H groups in total. The van der Waals surface area contributed by atoms with E-state index in [0.717, 1.165) is 24.0 Å². The van der Waals surface area contributed by atoms with Crippen LogP contribution in [0.5, 0.6) is 5.75 Å². The first-order chi connectivity index (χ1) is 16.2. The van der Waals surface area contributed by atoms with Crippen molar-refractivity contribution in [1.82, 2.24) is 0 Å². The summed E-state index contributed by atoms with van der Waals surface area (Å²) in [5, 5.41) is 23.0. The number of nitro groups is 1. The molecule has 0 saturated heterocycles. The van der Waals surface area contributed by atoms with Crippen LogP contribution in [0, 0.1) is 35.5 Å². The number of carbonyl (C=O) groups is 1. The minimum absolute atomic E-state index is 0.106. The standard InChI is InChI=1S/C24H16BrI2N3O4/c1-14-3-2-4-15(7-14)13-34-23-20(26)9-16(10-21(23)27)8-17(12-28)24(31)29-22-6-5-18(30(32)33)11-19(22)25/h2-11H,13H2,1H3,(H,29,31)/b17-8-. The highest BCUT2D eigenvalue weighted by Gasteiger charge is 2.15. The van der Waals surface area contributed by atoms with E-state index in [1.807, 2.05) is 43.3 Å². The molecule has 0 heterocycles. The van der Waals surface area contributed by atoms with Crippen LogP contribution in [0.3, 0.4) is 0 Å². The van der Waals surface area contributed by atoms with Crippen LogP contribution in [-0.2, 0) is 11.4 Å². The zero-order valence-corrected chi connectivity index (χ0v) is 23.5. The summed E-state index contributed by atoms with van der Waals surface area (Å²) in [6.07, 6.45) is 1.49. The molecule has 3 aromatic carbocycles. The SMILES string of the molecule is Cc1cccc(COc2c(I)cc(/C=C(/C#N)C(=O)Nc3ccc([N+](=O)[O-])cc3Br)cc2I)c1. The van der Waals surface area contributed by atoms with Gasteiger partial charge in [0.25, 0.3) is 11.6 Å². The maximum atomic E-state index is 12.7.